The number of unbranched alkanes of at least 4 members (excludes halogenated alkanes) is 1. The number of carbonyl (C=O) groups is 1. The largest absolute Gasteiger partial charge is 0.312 e. The third kappa shape index (κ3) is 3.61. The molecule has 0 saturated heterocycles. The predicted molar refractivity (Wildman–Crippen MR) is 91.0 cm³/mol. The lowest BCUT2D eigenvalue weighted by Gasteiger charge is -2.23. The monoisotopic (exact) mass is 311 g/mol. The molecule has 3 rings (SSSR count). The number of hydrogen-bond donors (Lipinski definition) is 0. The Bertz CT molecular complexity index is 653. The maximum Gasteiger partial charge on any atom is 0.230 e. The first-order valence-electron chi connectivity index (χ1n) is 8.32. The van der Waals surface area contributed by atoms with E-state index in [4.69, 9.17) is 0 Å². The zero-order valence-corrected chi connectivity index (χ0v) is 13.4. The first kappa shape index (κ1) is 15.7. The molecule has 2 nitrogen and oxygen atoms in total. The van der Waals surface area contributed by atoms with Crippen LogP contribution in [0.4, 0.5) is 10.1 Å². The van der Waals surface area contributed by atoms with Crippen LogP contribution in [0.1, 0.15) is 37.7 Å². The van der Waals surface area contributed by atoms with Gasteiger partial charge in [0.2, 0.25) is 5.91 Å². The van der Waals surface area contributed by atoms with E-state index in [9.17, 15) is 9.18 Å². The minimum absolute atomic E-state index is 0.0255. The second-order valence-corrected chi connectivity index (χ2v) is 6.18. The lowest BCUT2D eigenvalue weighted by molar-refractivity contribution is -0.119. The number of hydrogen-bond acceptors (Lipinski definition) is 1. The summed E-state index contributed by atoms with van der Waals surface area (Å²) in [5.74, 6) is 0.221. The molecule has 2 unspecified atom stereocenters. The second-order valence-electron chi connectivity index (χ2n) is 6.18. The number of carbonyl (C=O) groups excluding carboxylic acids is 1. The van der Waals surface area contributed by atoms with E-state index in [-0.39, 0.29) is 23.6 Å². The molecule has 1 amide bonds. The summed E-state index contributed by atoms with van der Waals surface area (Å²) < 4.78 is 13.0. The number of para-hydroxylation sites is 1. The molecule has 2 atom stereocenters. The van der Waals surface area contributed by atoms with Gasteiger partial charge in [0, 0.05) is 18.2 Å². The van der Waals surface area contributed by atoms with Crippen LogP contribution < -0.4 is 4.90 Å². The zero-order chi connectivity index (χ0) is 16.2. The van der Waals surface area contributed by atoms with Gasteiger partial charge in [-0.3, -0.25) is 4.79 Å². The summed E-state index contributed by atoms with van der Waals surface area (Å²) in [6.07, 6.45) is 2.91. The van der Waals surface area contributed by atoms with Gasteiger partial charge in [0.15, 0.2) is 0 Å². The third-order valence-electron chi connectivity index (χ3n) is 4.47. The molecule has 3 heteroatoms. The van der Waals surface area contributed by atoms with Crippen LogP contribution in [0, 0.1) is 11.7 Å². The number of amides is 1. The summed E-state index contributed by atoms with van der Waals surface area (Å²) in [7, 11) is 0. The van der Waals surface area contributed by atoms with Crippen LogP contribution in [0.2, 0.25) is 0 Å². The van der Waals surface area contributed by atoms with Crippen LogP contribution in [-0.4, -0.2) is 12.5 Å². The summed E-state index contributed by atoms with van der Waals surface area (Å²) >= 11 is 0. The van der Waals surface area contributed by atoms with E-state index in [2.05, 4.69) is 6.92 Å². The Morgan fingerprint density at radius 2 is 1.83 bits per heavy atom. The molecule has 1 aliphatic carbocycles. The van der Waals surface area contributed by atoms with Crippen LogP contribution in [0.15, 0.2) is 54.6 Å². The van der Waals surface area contributed by atoms with Crippen molar-refractivity contribution in [3.8, 4) is 0 Å². The fourth-order valence-corrected chi connectivity index (χ4v) is 3.04. The summed E-state index contributed by atoms with van der Waals surface area (Å²) in [5, 5.41) is 0. The van der Waals surface area contributed by atoms with Gasteiger partial charge in [-0.15, -0.1) is 0 Å². The van der Waals surface area contributed by atoms with E-state index in [1.807, 2.05) is 35.2 Å². The molecule has 23 heavy (non-hydrogen) atoms. The molecule has 0 radical (unpaired) electrons. The second kappa shape index (κ2) is 6.95. The molecule has 0 bridgehead atoms. The van der Waals surface area contributed by atoms with Crippen molar-refractivity contribution in [3.63, 3.8) is 0 Å². The lowest BCUT2D eigenvalue weighted by atomic mass is 10.1. The van der Waals surface area contributed by atoms with Gasteiger partial charge in [-0.25, -0.2) is 4.39 Å². The Balaban J connectivity index is 1.73. The van der Waals surface area contributed by atoms with E-state index in [0.717, 1.165) is 37.1 Å². The highest BCUT2D eigenvalue weighted by atomic mass is 19.1. The maximum absolute atomic E-state index is 13.0. The summed E-state index contributed by atoms with van der Waals surface area (Å²) in [4.78, 5) is 14.8. The number of benzene rings is 2. The van der Waals surface area contributed by atoms with Crippen molar-refractivity contribution in [1.82, 2.24) is 0 Å². The van der Waals surface area contributed by atoms with Gasteiger partial charge in [-0.2, -0.15) is 0 Å². The molecule has 1 aliphatic rings. The minimum Gasteiger partial charge on any atom is -0.312 e. The van der Waals surface area contributed by atoms with Crippen LogP contribution in [0.25, 0.3) is 0 Å². The van der Waals surface area contributed by atoms with Gasteiger partial charge in [0.25, 0.3) is 0 Å². The van der Waals surface area contributed by atoms with Crippen molar-refractivity contribution in [2.45, 2.75) is 32.1 Å². The summed E-state index contributed by atoms with van der Waals surface area (Å²) in [6.45, 7) is 2.89. The lowest BCUT2D eigenvalue weighted by Crippen LogP contribution is -2.33. The number of nitrogens with zero attached hydrogens (tertiary/aromatic N) is 1. The van der Waals surface area contributed by atoms with Crippen molar-refractivity contribution >= 4 is 11.6 Å². The average molecular weight is 311 g/mol. The standard InChI is InChI=1S/C20H22FNO/c1-2-3-13-22(17-7-5-4-6-8-17)20(23)19-14-18(19)15-9-11-16(21)12-10-15/h4-12,18-19H,2-3,13-14H2,1H3. The molecule has 2 aromatic rings. The molecule has 0 aromatic heterocycles. The summed E-state index contributed by atoms with van der Waals surface area (Å²) in [5.41, 5.74) is 2.03. The smallest absolute Gasteiger partial charge is 0.230 e. The van der Waals surface area contributed by atoms with Gasteiger partial charge in [0.05, 0.1) is 0 Å². The normalized spacial score (nSPS) is 19.4. The van der Waals surface area contributed by atoms with Gasteiger partial charge in [0.1, 0.15) is 5.82 Å². The summed E-state index contributed by atoms with van der Waals surface area (Å²) in [6, 6.07) is 16.4. The van der Waals surface area contributed by atoms with Crippen LogP contribution in [0.3, 0.4) is 0 Å². The van der Waals surface area contributed by atoms with Crippen molar-refractivity contribution < 1.29 is 9.18 Å². The zero-order valence-electron chi connectivity index (χ0n) is 13.4. The van der Waals surface area contributed by atoms with E-state index < -0.39 is 0 Å². The number of anilines is 1. The Hall–Kier alpha value is -2.16. The average Bonchev–Trinajstić information content (AvgIpc) is 3.37. The molecular weight excluding hydrogens is 289 g/mol. The van der Waals surface area contributed by atoms with E-state index in [1.54, 1.807) is 12.1 Å². The van der Waals surface area contributed by atoms with Crippen LogP contribution in [0.5, 0.6) is 0 Å². The highest BCUT2D eigenvalue weighted by Crippen LogP contribution is 2.48. The molecule has 0 aliphatic heterocycles. The Kier molecular flexibility index (Phi) is 4.75. The first-order valence-corrected chi connectivity index (χ1v) is 8.32. The predicted octanol–water partition coefficient (Wildman–Crippen LogP) is 4.76. The number of halogens is 1. The SMILES string of the molecule is CCCCN(C(=O)C1CC1c1ccc(F)cc1)c1ccccc1. The van der Waals surface area contributed by atoms with Crippen molar-refractivity contribution in [2.24, 2.45) is 5.92 Å². The van der Waals surface area contributed by atoms with Crippen LogP contribution in [-0.2, 0) is 4.79 Å². The fraction of sp³-hybridized carbons (Fsp3) is 0.350. The third-order valence-corrected chi connectivity index (χ3v) is 4.47. The Morgan fingerprint density at radius 3 is 2.48 bits per heavy atom. The van der Waals surface area contributed by atoms with E-state index in [1.165, 1.54) is 12.1 Å². The van der Waals surface area contributed by atoms with Gasteiger partial charge < -0.3 is 4.90 Å². The Labute approximate surface area is 136 Å². The van der Waals surface area contributed by atoms with Gasteiger partial charge in [-0.05, 0) is 48.6 Å². The molecular formula is C20H22FNO. The molecule has 1 saturated carbocycles. The van der Waals surface area contributed by atoms with Crippen molar-refractivity contribution in [3.05, 3.63) is 66.0 Å². The highest BCUT2D eigenvalue weighted by Gasteiger charge is 2.45. The van der Waals surface area contributed by atoms with Gasteiger partial charge >= 0.3 is 0 Å². The maximum atomic E-state index is 13.0. The molecule has 2 aromatic carbocycles. The topological polar surface area (TPSA) is 20.3 Å². The minimum atomic E-state index is -0.230. The Morgan fingerprint density at radius 1 is 1.13 bits per heavy atom. The van der Waals surface area contributed by atoms with Gasteiger partial charge in [-0.1, -0.05) is 43.7 Å². The van der Waals surface area contributed by atoms with Crippen molar-refractivity contribution in [1.29, 1.82) is 0 Å². The quantitative estimate of drug-likeness (QED) is 0.753. The fourth-order valence-electron chi connectivity index (χ4n) is 3.04. The number of rotatable bonds is 6. The first-order chi connectivity index (χ1) is 11.2. The highest BCUT2D eigenvalue weighted by molar-refractivity contribution is 5.97. The van der Waals surface area contributed by atoms with E-state index in [0.29, 0.717) is 0 Å². The molecule has 120 valence electrons. The molecule has 0 N–H and O–H groups in total. The van der Waals surface area contributed by atoms with Crippen LogP contribution >= 0.6 is 0 Å². The van der Waals surface area contributed by atoms with Crippen molar-refractivity contribution in [2.75, 3.05) is 11.4 Å². The molecule has 1 fully saturated rings. The molecule has 0 heterocycles. The van der Waals surface area contributed by atoms with E-state index >= 15 is 0 Å². The molecule has 0 spiro atoms.